The summed E-state index contributed by atoms with van der Waals surface area (Å²) in [5.41, 5.74) is 0. The third-order valence-electron chi connectivity index (χ3n) is 1.80. The molecule has 0 aliphatic rings. The van der Waals surface area contributed by atoms with Crippen LogP contribution in [-0.2, 0) is 14.2 Å². The van der Waals surface area contributed by atoms with Gasteiger partial charge in [-0.25, -0.2) is 0 Å². The highest BCUT2D eigenvalue weighted by atomic mass is 16.5. The Bertz CT molecular complexity index is 112. The Morgan fingerprint density at radius 3 is 2.43 bits per heavy atom. The molecular formula is C10H23NO3. The molecular weight excluding hydrogens is 182 g/mol. The number of methoxy groups -OCH3 is 2. The second kappa shape index (κ2) is 10.9. The number of ether oxygens (including phenoxy) is 3. The number of hydrogen-bond donors (Lipinski definition) is 1. The molecule has 0 bridgehead atoms. The molecule has 4 heteroatoms. The SMILES string of the molecule is CCCNC(COC)COCCOC. The highest BCUT2D eigenvalue weighted by molar-refractivity contribution is 4.64. The van der Waals surface area contributed by atoms with E-state index in [1.54, 1.807) is 14.2 Å². The van der Waals surface area contributed by atoms with Crippen LogP contribution in [0, 0.1) is 0 Å². The van der Waals surface area contributed by atoms with E-state index in [1.165, 1.54) is 0 Å². The van der Waals surface area contributed by atoms with E-state index < -0.39 is 0 Å². The van der Waals surface area contributed by atoms with E-state index >= 15 is 0 Å². The molecule has 0 aromatic heterocycles. The van der Waals surface area contributed by atoms with Gasteiger partial charge in [0.15, 0.2) is 0 Å². The summed E-state index contributed by atoms with van der Waals surface area (Å²) in [4.78, 5) is 0. The third kappa shape index (κ3) is 8.44. The second-order valence-electron chi connectivity index (χ2n) is 3.17. The van der Waals surface area contributed by atoms with Gasteiger partial charge in [-0.05, 0) is 13.0 Å². The molecule has 0 aromatic rings. The highest BCUT2D eigenvalue weighted by Gasteiger charge is 2.06. The molecule has 0 aromatic carbocycles. The Hall–Kier alpha value is -0.160. The lowest BCUT2D eigenvalue weighted by Gasteiger charge is -2.17. The lowest BCUT2D eigenvalue weighted by Crippen LogP contribution is -2.38. The lowest BCUT2D eigenvalue weighted by molar-refractivity contribution is 0.0418. The van der Waals surface area contributed by atoms with Gasteiger partial charge in [-0.3, -0.25) is 0 Å². The third-order valence-corrected chi connectivity index (χ3v) is 1.80. The Kier molecular flexibility index (Phi) is 10.8. The summed E-state index contributed by atoms with van der Waals surface area (Å²) in [5.74, 6) is 0. The standard InChI is InChI=1S/C10H23NO3/c1-4-5-11-10(8-13-3)9-14-7-6-12-2/h10-11H,4-9H2,1-3H3. The predicted molar refractivity (Wildman–Crippen MR) is 56.7 cm³/mol. The van der Waals surface area contributed by atoms with Crippen molar-refractivity contribution in [3.63, 3.8) is 0 Å². The molecule has 0 rings (SSSR count). The van der Waals surface area contributed by atoms with Crippen molar-refractivity contribution in [1.82, 2.24) is 5.32 Å². The zero-order chi connectivity index (χ0) is 10.6. The first-order valence-electron chi connectivity index (χ1n) is 5.14. The van der Waals surface area contributed by atoms with Crippen molar-refractivity contribution < 1.29 is 14.2 Å². The van der Waals surface area contributed by atoms with Crippen LogP contribution in [0.2, 0.25) is 0 Å². The summed E-state index contributed by atoms with van der Waals surface area (Å²) in [5, 5.41) is 3.36. The summed E-state index contributed by atoms with van der Waals surface area (Å²) in [6.45, 7) is 5.80. The summed E-state index contributed by atoms with van der Waals surface area (Å²) < 4.78 is 15.4. The zero-order valence-corrected chi connectivity index (χ0v) is 9.54. The highest BCUT2D eigenvalue weighted by Crippen LogP contribution is 1.88. The first-order chi connectivity index (χ1) is 6.85. The van der Waals surface area contributed by atoms with Gasteiger partial charge in [-0.15, -0.1) is 0 Å². The molecule has 0 amide bonds. The largest absolute Gasteiger partial charge is 0.383 e. The van der Waals surface area contributed by atoms with Crippen LogP contribution >= 0.6 is 0 Å². The van der Waals surface area contributed by atoms with Crippen molar-refractivity contribution in [3.05, 3.63) is 0 Å². The van der Waals surface area contributed by atoms with E-state index in [0.717, 1.165) is 13.0 Å². The van der Waals surface area contributed by atoms with Crippen LogP contribution in [0.5, 0.6) is 0 Å². The zero-order valence-electron chi connectivity index (χ0n) is 9.54. The number of rotatable bonds is 10. The average Bonchev–Trinajstić information content (AvgIpc) is 2.20. The Morgan fingerprint density at radius 2 is 1.86 bits per heavy atom. The number of hydrogen-bond acceptors (Lipinski definition) is 4. The van der Waals surface area contributed by atoms with Crippen molar-refractivity contribution in [2.24, 2.45) is 0 Å². The molecule has 0 aliphatic heterocycles. The molecule has 1 N–H and O–H groups in total. The van der Waals surface area contributed by atoms with Gasteiger partial charge < -0.3 is 19.5 Å². The van der Waals surface area contributed by atoms with Gasteiger partial charge in [0.1, 0.15) is 0 Å². The maximum Gasteiger partial charge on any atom is 0.0701 e. The van der Waals surface area contributed by atoms with Gasteiger partial charge in [-0.2, -0.15) is 0 Å². The van der Waals surface area contributed by atoms with Gasteiger partial charge in [0.25, 0.3) is 0 Å². The molecule has 14 heavy (non-hydrogen) atoms. The van der Waals surface area contributed by atoms with Crippen molar-refractivity contribution in [2.75, 3.05) is 47.2 Å². The first kappa shape index (κ1) is 13.8. The maximum atomic E-state index is 5.42. The summed E-state index contributed by atoms with van der Waals surface area (Å²) in [6, 6.07) is 0.289. The van der Waals surface area contributed by atoms with Crippen LogP contribution in [0.1, 0.15) is 13.3 Å². The van der Waals surface area contributed by atoms with E-state index in [9.17, 15) is 0 Å². The molecule has 0 radical (unpaired) electrons. The van der Waals surface area contributed by atoms with E-state index in [0.29, 0.717) is 26.4 Å². The van der Waals surface area contributed by atoms with Gasteiger partial charge in [0.05, 0.1) is 32.5 Å². The molecule has 0 heterocycles. The van der Waals surface area contributed by atoms with E-state index in [1.807, 2.05) is 0 Å². The fraction of sp³-hybridized carbons (Fsp3) is 1.00. The van der Waals surface area contributed by atoms with E-state index in [-0.39, 0.29) is 6.04 Å². The minimum absolute atomic E-state index is 0.289. The molecule has 0 saturated heterocycles. The maximum absolute atomic E-state index is 5.42. The predicted octanol–water partition coefficient (Wildman–Crippen LogP) is 0.664. The van der Waals surface area contributed by atoms with Crippen molar-refractivity contribution in [2.45, 2.75) is 19.4 Å². The van der Waals surface area contributed by atoms with E-state index in [4.69, 9.17) is 14.2 Å². The molecule has 0 aliphatic carbocycles. The van der Waals surface area contributed by atoms with Crippen molar-refractivity contribution >= 4 is 0 Å². The van der Waals surface area contributed by atoms with Gasteiger partial charge in [-0.1, -0.05) is 6.92 Å². The summed E-state index contributed by atoms with van der Waals surface area (Å²) >= 11 is 0. The van der Waals surface area contributed by atoms with Crippen molar-refractivity contribution in [1.29, 1.82) is 0 Å². The molecule has 0 spiro atoms. The Labute approximate surface area is 86.9 Å². The van der Waals surface area contributed by atoms with Crippen LogP contribution < -0.4 is 5.32 Å². The minimum Gasteiger partial charge on any atom is -0.383 e. The van der Waals surface area contributed by atoms with Gasteiger partial charge >= 0.3 is 0 Å². The Morgan fingerprint density at radius 1 is 1.07 bits per heavy atom. The normalized spacial score (nSPS) is 13.1. The van der Waals surface area contributed by atoms with Crippen LogP contribution in [-0.4, -0.2) is 53.2 Å². The summed E-state index contributed by atoms with van der Waals surface area (Å²) in [7, 11) is 3.38. The summed E-state index contributed by atoms with van der Waals surface area (Å²) in [6.07, 6.45) is 1.12. The molecule has 0 fully saturated rings. The average molecular weight is 205 g/mol. The minimum atomic E-state index is 0.289. The molecule has 1 atom stereocenters. The topological polar surface area (TPSA) is 39.7 Å². The quantitative estimate of drug-likeness (QED) is 0.532. The molecule has 1 unspecified atom stereocenters. The van der Waals surface area contributed by atoms with Crippen LogP contribution in [0.25, 0.3) is 0 Å². The van der Waals surface area contributed by atoms with Crippen LogP contribution in [0.15, 0.2) is 0 Å². The molecule has 86 valence electrons. The van der Waals surface area contributed by atoms with Gasteiger partial charge in [0, 0.05) is 14.2 Å². The monoisotopic (exact) mass is 205 g/mol. The lowest BCUT2D eigenvalue weighted by atomic mass is 10.3. The van der Waals surface area contributed by atoms with Gasteiger partial charge in [0.2, 0.25) is 0 Å². The molecule has 0 saturated carbocycles. The van der Waals surface area contributed by atoms with Crippen LogP contribution in [0.3, 0.4) is 0 Å². The van der Waals surface area contributed by atoms with Crippen molar-refractivity contribution in [3.8, 4) is 0 Å². The fourth-order valence-electron chi connectivity index (χ4n) is 1.08. The first-order valence-corrected chi connectivity index (χ1v) is 5.14. The Balaban J connectivity index is 3.40. The fourth-order valence-corrected chi connectivity index (χ4v) is 1.08. The second-order valence-corrected chi connectivity index (χ2v) is 3.17. The smallest absolute Gasteiger partial charge is 0.0701 e. The van der Waals surface area contributed by atoms with Crippen LogP contribution in [0.4, 0.5) is 0 Å². The van der Waals surface area contributed by atoms with E-state index in [2.05, 4.69) is 12.2 Å². The number of nitrogens with one attached hydrogen (secondary N) is 1. The molecule has 4 nitrogen and oxygen atoms in total.